The van der Waals surface area contributed by atoms with Crippen molar-refractivity contribution in [3.8, 4) is 11.6 Å². The predicted octanol–water partition coefficient (Wildman–Crippen LogP) is 3.53. The van der Waals surface area contributed by atoms with E-state index in [1.54, 1.807) is 0 Å². The van der Waals surface area contributed by atoms with Crippen LogP contribution in [0.5, 0.6) is 11.6 Å². The Labute approximate surface area is 122 Å². The van der Waals surface area contributed by atoms with Gasteiger partial charge in [-0.25, -0.2) is 9.37 Å². The van der Waals surface area contributed by atoms with Gasteiger partial charge in [0.15, 0.2) is 0 Å². The number of benzene rings is 1. The third-order valence-electron chi connectivity index (χ3n) is 3.23. The molecule has 0 bridgehead atoms. The van der Waals surface area contributed by atoms with Crippen LogP contribution in [0.3, 0.4) is 0 Å². The minimum atomic E-state index is -4.85. The van der Waals surface area contributed by atoms with E-state index in [4.69, 9.17) is 4.74 Å². The van der Waals surface area contributed by atoms with Crippen LogP contribution in [0.1, 0.15) is 24.4 Å². The van der Waals surface area contributed by atoms with Gasteiger partial charge < -0.3 is 9.30 Å². The molecular formula is C14H10F4N2O2. The first-order chi connectivity index (χ1) is 10.4. The van der Waals surface area contributed by atoms with Gasteiger partial charge >= 0.3 is 11.7 Å². The molecule has 1 aromatic heterocycles. The number of halogens is 4. The molecule has 0 atom stereocenters. The van der Waals surface area contributed by atoms with Crippen molar-refractivity contribution in [1.82, 2.24) is 9.55 Å². The summed E-state index contributed by atoms with van der Waals surface area (Å²) in [6.45, 7) is 0. The summed E-state index contributed by atoms with van der Waals surface area (Å²) in [5.74, 6) is -2.04. The first-order valence-electron chi connectivity index (χ1n) is 6.48. The molecule has 0 N–H and O–H groups in total. The highest BCUT2D eigenvalue weighted by Crippen LogP contribution is 2.35. The van der Waals surface area contributed by atoms with Crippen LogP contribution in [0, 0.1) is 5.82 Å². The molecule has 0 unspecified atom stereocenters. The second-order valence-corrected chi connectivity index (χ2v) is 4.92. The lowest BCUT2D eigenvalue weighted by Gasteiger charge is -2.11. The lowest BCUT2D eigenvalue weighted by Crippen LogP contribution is -2.20. The lowest BCUT2D eigenvalue weighted by molar-refractivity contribution is -0.140. The quantitative estimate of drug-likeness (QED) is 0.814. The van der Waals surface area contributed by atoms with Gasteiger partial charge in [0.05, 0.1) is 5.56 Å². The summed E-state index contributed by atoms with van der Waals surface area (Å²) in [5.41, 5.74) is -1.98. The first kappa shape index (κ1) is 14.6. The second kappa shape index (κ2) is 5.11. The van der Waals surface area contributed by atoms with E-state index in [9.17, 15) is 22.4 Å². The van der Waals surface area contributed by atoms with Gasteiger partial charge in [0.25, 0.3) is 5.88 Å². The van der Waals surface area contributed by atoms with Crippen molar-refractivity contribution in [2.24, 2.45) is 0 Å². The Bertz CT molecular complexity index is 766. The summed E-state index contributed by atoms with van der Waals surface area (Å²) < 4.78 is 57.7. The van der Waals surface area contributed by atoms with E-state index in [-0.39, 0.29) is 17.7 Å². The van der Waals surface area contributed by atoms with E-state index < -0.39 is 23.1 Å². The fraction of sp³-hybridized carbons (Fsp3) is 0.286. The third-order valence-corrected chi connectivity index (χ3v) is 3.23. The highest BCUT2D eigenvalue weighted by Gasteiger charge is 2.34. The molecule has 116 valence electrons. The minimum Gasteiger partial charge on any atom is -0.435 e. The normalized spacial score (nSPS) is 14.9. The standard InChI is InChI=1S/C14H10F4N2O2/c15-11-4-3-9(7-10(11)14(16,17)18)22-12-13(21)20(6-5-19-12)8-1-2-8/h3-8H,1-2H2. The van der Waals surface area contributed by atoms with Crippen molar-refractivity contribution in [1.29, 1.82) is 0 Å². The van der Waals surface area contributed by atoms with Gasteiger partial charge in [-0.15, -0.1) is 0 Å². The SMILES string of the molecule is O=c1c(Oc2ccc(F)c(C(F)(F)F)c2)nccn1C1CC1. The molecule has 0 aliphatic heterocycles. The number of nitrogens with zero attached hydrogens (tertiary/aromatic N) is 2. The third kappa shape index (κ3) is 2.81. The molecule has 1 aliphatic carbocycles. The van der Waals surface area contributed by atoms with Crippen LogP contribution in [-0.2, 0) is 6.18 Å². The molecule has 0 amide bonds. The van der Waals surface area contributed by atoms with Crippen LogP contribution in [0.15, 0.2) is 35.4 Å². The average Bonchev–Trinajstić information content (AvgIpc) is 3.26. The maximum Gasteiger partial charge on any atom is 0.419 e. The zero-order valence-corrected chi connectivity index (χ0v) is 11.1. The van der Waals surface area contributed by atoms with Gasteiger partial charge in [-0.2, -0.15) is 13.2 Å². The Morgan fingerprint density at radius 2 is 2.00 bits per heavy atom. The van der Waals surface area contributed by atoms with Crippen molar-refractivity contribution >= 4 is 0 Å². The molecule has 3 rings (SSSR count). The second-order valence-electron chi connectivity index (χ2n) is 4.92. The summed E-state index contributed by atoms with van der Waals surface area (Å²) in [4.78, 5) is 15.8. The topological polar surface area (TPSA) is 44.1 Å². The molecule has 1 heterocycles. The number of ether oxygens (including phenoxy) is 1. The molecule has 1 aromatic carbocycles. The molecule has 0 spiro atoms. The largest absolute Gasteiger partial charge is 0.435 e. The van der Waals surface area contributed by atoms with Crippen LogP contribution < -0.4 is 10.3 Å². The van der Waals surface area contributed by atoms with Crippen LogP contribution >= 0.6 is 0 Å². The molecule has 0 saturated heterocycles. The molecule has 2 aromatic rings. The van der Waals surface area contributed by atoms with Gasteiger partial charge in [0, 0.05) is 18.4 Å². The summed E-state index contributed by atoms with van der Waals surface area (Å²) >= 11 is 0. The number of hydrogen-bond donors (Lipinski definition) is 0. The van der Waals surface area contributed by atoms with Crippen molar-refractivity contribution in [2.75, 3.05) is 0 Å². The number of rotatable bonds is 3. The van der Waals surface area contributed by atoms with E-state index in [0.717, 1.165) is 18.9 Å². The number of aromatic nitrogens is 2. The summed E-state index contributed by atoms with van der Waals surface area (Å²) in [6, 6.07) is 2.24. The van der Waals surface area contributed by atoms with E-state index in [2.05, 4.69) is 4.98 Å². The van der Waals surface area contributed by atoms with Crippen molar-refractivity contribution in [2.45, 2.75) is 25.1 Å². The molecular weight excluding hydrogens is 304 g/mol. The van der Waals surface area contributed by atoms with Crippen LogP contribution in [0.25, 0.3) is 0 Å². The average molecular weight is 314 g/mol. The Morgan fingerprint density at radius 1 is 1.27 bits per heavy atom. The Hall–Kier alpha value is -2.38. The van der Waals surface area contributed by atoms with Gasteiger partial charge in [0.2, 0.25) is 0 Å². The zero-order valence-electron chi connectivity index (χ0n) is 11.1. The van der Waals surface area contributed by atoms with Crippen LogP contribution in [0.4, 0.5) is 17.6 Å². The van der Waals surface area contributed by atoms with Gasteiger partial charge in [-0.1, -0.05) is 0 Å². The molecule has 8 heteroatoms. The summed E-state index contributed by atoms with van der Waals surface area (Å²) in [7, 11) is 0. The first-order valence-corrected chi connectivity index (χ1v) is 6.48. The van der Waals surface area contributed by atoms with Crippen LogP contribution in [0.2, 0.25) is 0 Å². The van der Waals surface area contributed by atoms with Crippen LogP contribution in [-0.4, -0.2) is 9.55 Å². The molecule has 4 nitrogen and oxygen atoms in total. The van der Waals surface area contributed by atoms with E-state index in [0.29, 0.717) is 12.1 Å². The summed E-state index contributed by atoms with van der Waals surface area (Å²) in [5, 5.41) is 0. The lowest BCUT2D eigenvalue weighted by atomic mass is 10.2. The molecule has 1 aliphatic rings. The molecule has 1 saturated carbocycles. The smallest absolute Gasteiger partial charge is 0.419 e. The van der Waals surface area contributed by atoms with Gasteiger partial charge in [-0.05, 0) is 31.0 Å². The molecule has 1 fully saturated rings. The maximum atomic E-state index is 13.2. The monoisotopic (exact) mass is 314 g/mol. The number of hydrogen-bond acceptors (Lipinski definition) is 3. The Balaban J connectivity index is 1.94. The van der Waals surface area contributed by atoms with E-state index in [1.807, 2.05) is 0 Å². The fourth-order valence-corrected chi connectivity index (χ4v) is 2.01. The molecule has 22 heavy (non-hydrogen) atoms. The highest BCUT2D eigenvalue weighted by atomic mass is 19.4. The highest BCUT2D eigenvalue weighted by molar-refractivity contribution is 5.33. The van der Waals surface area contributed by atoms with Gasteiger partial charge in [-0.3, -0.25) is 4.79 Å². The van der Waals surface area contributed by atoms with E-state index >= 15 is 0 Å². The Morgan fingerprint density at radius 3 is 2.64 bits per heavy atom. The predicted molar refractivity (Wildman–Crippen MR) is 68.2 cm³/mol. The minimum absolute atomic E-state index is 0.0804. The van der Waals surface area contributed by atoms with Gasteiger partial charge in [0.1, 0.15) is 11.6 Å². The van der Waals surface area contributed by atoms with Crippen molar-refractivity contribution in [3.05, 3.63) is 52.3 Å². The zero-order chi connectivity index (χ0) is 15.9. The molecule has 0 radical (unpaired) electrons. The van der Waals surface area contributed by atoms with Crippen molar-refractivity contribution < 1.29 is 22.3 Å². The van der Waals surface area contributed by atoms with E-state index in [1.165, 1.54) is 17.0 Å². The van der Waals surface area contributed by atoms with Crippen molar-refractivity contribution in [3.63, 3.8) is 0 Å². The number of alkyl halides is 3. The fourth-order valence-electron chi connectivity index (χ4n) is 2.01. The summed E-state index contributed by atoms with van der Waals surface area (Å²) in [6.07, 6.45) is -0.292. The maximum absolute atomic E-state index is 13.2. The Kier molecular flexibility index (Phi) is 3.38.